The molecule has 4 N–H and O–H groups in total. The summed E-state index contributed by atoms with van der Waals surface area (Å²) in [6, 6.07) is 18.7. The van der Waals surface area contributed by atoms with Gasteiger partial charge in [-0.2, -0.15) is 0 Å². The summed E-state index contributed by atoms with van der Waals surface area (Å²) in [7, 11) is 0. The number of aromatic hydroxyl groups is 4. The van der Waals surface area contributed by atoms with E-state index in [4.69, 9.17) is 0 Å². The molecule has 2 aromatic heterocycles. The number of fused-ring (bicyclic) bond motifs is 2. The van der Waals surface area contributed by atoms with E-state index in [0.29, 0.717) is 37.1 Å². The fraction of sp³-hybridized carbons (Fsp3) is 0.143. The van der Waals surface area contributed by atoms with Crippen LogP contribution in [0, 0.1) is 0 Å². The van der Waals surface area contributed by atoms with Crippen molar-refractivity contribution in [2.45, 2.75) is 25.7 Å². The van der Waals surface area contributed by atoms with Gasteiger partial charge in [0.2, 0.25) is 23.5 Å². The summed E-state index contributed by atoms with van der Waals surface area (Å²) in [4.78, 5) is 2.16. The Morgan fingerprint density at radius 2 is 0.886 bits per heavy atom. The SMILES string of the molecule is Oc1c2c(c(O)n1-c1ccccc1)CC(SC1=CCc3c(c(O)n(-c4ccccc4)c3O)C1)=CC2. The highest BCUT2D eigenvalue weighted by Crippen LogP contribution is 2.47. The van der Waals surface area contributed by atoms with E-state index < -0.39 is 0 Å². The maximum atomic E-state index is 10.9. The minimum atomic E-state index is 0.0670. The first-order valence-electron chi connectivity index (χ1n) is 11.5. The van der Waals surface area contributed by atoms with E-state index in [1.54, 1.807) is 11.8 Å². The summed E-state index contributed by atoms with van der Waals surface area (Å²) in [5, 5.41) is 43.4. The molecule has 0 aliphatic heterocycles. The van der Waals surface area contributed by atoms with Crippen molar-refractivity contribution < 1.29 is 20.4 Å². The molecule has 176 valence electrons. The number of nitrogens with zero attached hydrogens (tertiary/aromatic N) is 2. The molecule has 2 aliphatic rings. The summed E-state index contributed by atoms with van der Waals surface area (Å²) in [6.45, 7) is 0. The number of hydrogen-bond acceptors (Lipinski definition) is 5. The Morgan fingerprint density at radius 1 is 0.514 bits per heavy atom. The average molecular weight is 485 g/mol. The number of benzene rings is 2. The Balaban J connectivity index is 1.24. The number of allylic oxidation sites excluding steroid dienone is 4. The van der Waals surface area contributed by atoms with E-state index in [-0.39, 0.29) is 23.5 Å². The van der Waals surface area contributed by atoms with E-state index in [9.17, 15) is 20.4 Å². The van der Waals surface area contributed by atoms with Crippen molar-refractivity contribution in [1.82, 2.24) is 9.13 Å². The first-order valence-corrected chi connectivity index (χ1v) is 12.3. The molecule has 6 nitrogen and oxygen atoms in total. The van der Waals surface area contributed by atoms with Crippen molar-refractivity contribution in [2.24, 2.45) is 0 Å². The minimum absolute atomic E-state index is 0.0670. The monoisotopic (exact) mass is 484 g/mol. The van der Waals surface area contributed by atoms with Crippen LogP contribution in [0.4, 0.5) is 0 Å². The molecule has 0 saturated carbocycles. The lowest BCUT2D eigenvalue weighted by atomic mass is 10.0. The van der Waals surface area contributed by atoms with Gasteiger partial charge in [-0.3, -0.25) is 9.13 Å². The summed E-state index contributed by atoms with van der Waals surface area (Å²) >= 11 is 1.63. The van der Waals surface area contributed by atoms with Crippen LogP contribution in [0.3, 0.4) is 0 Å². The maximum Gasteiger partial charge on any atom is 0.202 e. The molecule has 0 amide bonds. The summed E-state index contributed by atoms with van der Waals surface area (Å²) in [6.07, 6.45) is 6.28. The van der Waals surface area contributed by atoms with Gasteiger partial charge in [0.25, 0.3) is 0 Å². The zero-order valence-corrected chi connectivity index (χ0v) is 19.7. The average Bonchev–Trinajstić information content (AvgIpc) is 3.28. The fourth-order valence-corrected chi connectivity index (χ4v) is 6.08. The van der Waals surface area contributed by atoms with Crippen LogP contribution < -0.4 is 0 Å². The molecule has 7 heteroatoms. The molecular weight excluding hydrogens is 460 g/mol. The highest BCUT2D eigenvalue weighted by Gasteiger charge is 2.29. The van der Waals surface area contributed by atoms with Crippen LogP contribution in [0.2, 0.25) is 0 Å². The van der Waals surface area contributed by atoms with E-state index in [1.165, 1.54) is 9.13 Å². The number of para-hydroxylation sites is 2. The van der Waals surface area contributed by atoms with Gasteiger partial charge in [-0.15, -0.1) is 0 Å². The van der Waals surface area contributed by atoms with Crippen molar-refractivity contribution >= 4 is 11.8 Å². The van der Waals surface area contributed by atoms with Gasteiger partial charge in [0.05, 0.1) is 11.4 Å². The van der Waals surface area contributed by atoms with Gasteiger partial charge >= 0.3 is 0 Å². The van der Waals surface area contributed by atoms with Gasteiger partial charge in [-0.1, -0.05) is 60.3 Å². The van der Waals surface area contributed by atoms with E-state index in [0.717, 1.165) is 32.1 Å². The van der Waals surface area contributed by atoms with Crippen LogP contribution in [-0.4, -0.2) is 29.6 Å². The second-order valence-electron chi connectivity index (χ2n) is 8.76. The molecule has 2 aliphatic carbocycles. The lowest BCUT2D eigenvalue weighted by molar-refractivity contribution is 0.399. The first kappa shape index (κ1) is 21.6. The second kappa shape index (κ2) is 8.36. The normalized spacial score (nSPS) is 14.7. The molecule has 4 aromatic rings. The Labute approximate surface area is 206 Å². The van der Waals surface area contributed by atoms with E-state index >= 15 is 0 Å². The topological polar surface area (TPSA) is 90.8 Å². The Morgan fingerprint density at radius 3 is 1.29 bits per heavy atom. The number of thioether (sulfide) groups is 1. The predicted octanol–water partition coefficient (Wildman–Crippen LogP) is 5.49. The molecule has 35 heavy (non-hydrogen) atoms. The summed E-state index contributed by atoms with van der Waals surface area (Å²) in [5.74, 6) is 0.288. The van der Waals surface area contributed by atoms with Crippen LogP contribution in [0.25, 0.3) is 11.4 Å². The summed E-state index contributed by atoms with van der Waals surface area (Å²) in [5.41, 5.74) is 4.41. The molecular formula is C28H24N2O4S. The fourth-order valence-electron chi connectivity index (χ4n) is 4.97. The Bertz CT molecular complexity index is 1380. The maximum absolute atomic E-state index is 10.9. The third-order valence-corrected chi connectivity index (χ3v) is 7.86. The molecule has 0 fully saturated rings. The third kappa shape index (κ3) is 3.51. The molecule has 0 unspecified atom stereocenters. The summed E-state index contributed by atoms with van der Waals surface area (Å²) < 4.78 is 2.98. The van der Waals surface area contributed by atoms with Crippen molar-refractivity contribution in [3.63, 3.8) is 0 Å². The van der Waals surface area contributed by atoms with Crippen molar-refractivity contribution in [3.05, 3.63) is 105 Å². The van der Waals surface area contributed by atoms with Gasteiger partial charge in [0.1, 0.15) is 0 Å². The lowest BCUT2D eigenvalue weighted by Crippen LogP contribution is -2.02. The molecule has 0 spiro atoms. The van der Waals surface area contributed by atoms with E-state index in [2.05, 4.69) is 12.2 Å². The first-order chi connectivity index (χ1) is 17.0. The van der Waals surface area contributed by atoms with Crippen LogP contribution >= 0.6 is 11.8 Å². The molecule has 2 heterocycles. The largest absolute Gasteiger partial charge is 0.494 e. The molecule has 6 rings (SSSR count). The van der Waals surface area contributed by atoms with Crippen molar-refractivity contribution in [2.75, 3.05) is 0 Å². The van der Waals surface area contributed by atoms with Gasteiger partial charge in [-0.25, -0.2) is 0 Å². The van der Waals surface area contributed by atoms with Crippen molar-refractivity contribution in [1.29, 1.82) is 0 Å². The molecule has 0 atom stereocenters. The minimum Gasteiger partial charge on any atom is -0.494 e. The van der Waals surface area contributed by atoms with Crippen LogP contribution in [0.15, 0.2) is 82.6 Å². The molecule has 0 bridgehead atoms. The van der Waals surface area contributed by atoms with Gasteiger partial charge in [0, 0.05) is 35.1 Å². The quantitative estimate of drug-likeness (QED) is 0.308. The predicted molar refractivity (Wildman–Crippen MR) is 137 cm³/mol. The number of hydrogen-bond donors (Lipinski definition) is 4. The van der Waals surface area contributed by atoms with Gasteiger partial charge in [0.15, 0.2) is 0 Å². The smallest absolute Gasteiger partial charge is 0.202 e. The Kier molecular flexibility index (Phi) is 5.15. The number of aromatic nitrogens is 2. The second-order valence-corrected chi connectivity index (χ2v) is 10.0. The van der Waals surface area contributed by atoms with Crippen molar-refractivity contribution in [3.8, 4) is 34.9 Å². The highest BCUT2D eigenvalue weighted by molar-refractivity contribution is 8.06. The Hall–Kier alpha value is -3.97. The lowest BCUT2D eigenvalue weighted by Gasteiger charge is -2.18. The third-order valence-electron chi connectivity index (χ3n) is 6.72. The van der Waals surface area contributed by atoms with Crippen LogP contribution in [-0.2, 0) is 25.7 Å². The molecule has 0 radical (unpaired) electrons. The highest BCUT2D eigenvalue weighted by atomic mass is 32.2. The zero-order valence-electron chi connectivity index (χ0n) is 18.8. The molecule has 2 aromatic carbocycles. The molecule has 0 saturated heterocycles. The van der Waals surface area contributed by atoms with E-state index in [1.807, 2.05) is 60.7 Å². The van der Waals surface area contributed by atoms with Crippen LogP contribution in [0.1, 0.15) is 22.3 Å². The number of rotatable bonds is 4. The van der Waals surface area contributed by atoms with Crippen LogP contribution in [0.5, 0.6) is 23.5 Å². The zero-order chi connectivity index (χ0) is 24.1. The van der Waals surface area contributed by atoms with Gasteiger partial charge < -0.3 is 20.4 Å². The standard InChI is InChI=1S/C28H24N2O4S/c31-25-21-13-11-19(15-23(21)27(33)29(25)17-7-3-1-4-8-17)35-20-12-14-22-24(16-20)28(34)30(26(22)32)18-9-5-2-6-10-18/h1-12,31-34H,13-16H2. The van der Waals surface area contributed by atoms with Gasteiger partial charge in [-0.05, 0) is 46.9 Å².